The average molecular weight is 376 g/mol. The fraction of sp³-hybridized carbons (Fsp3) is 1.00. The van der Waals surface area contributed by atoms with Gasteiger partial charge in [0.15, 0.2) is 5.41 Å². The molecule has 0 heterocycles. The van der Waals surface area contributed by atoms with Crippen LogP contribution >= 0.6 is 0 Å². The lowest BCUT2D eigenvalue weighted by atomic mass is 9.57. The third kappa shape index (κ3) is 3.80. The summed E-state index contributed by atoms with van der Waals surface area (Å²) in [6.45, 7) is 0. The van der Waals surface area contributed by atoms with E-state index in [9.17, 15) is 26.3 Å². The van der Waals surface area contributed by atoms with Crippen LogP contribution in [-0.4, -0.2) is 38.8 Å². The van der Waals surface area contributed by atoms with Gasteiger partial charge in [0, 0.05) is 14.2 Å². The Morgan fingerprint density at radius 1 is 0.640 bits per heavy atom. The van der Waals surface area contributed by atoms with Crippen LogP contribution in [0.25, 0.3) is 0 Å². The Hall–Kier alpha value is -0.500. The van der Waals surface area contributed by atoms with Gasteiger partial charge in [0.2, 0.25) is 0 Å². The van der Waals surface area contributed by atoms with Gasteiger partial charge < -0.3 is 9.47 Å². The third-order valence-electron chi connectivity index (χ3n) is 6.19. The van der Waals surface area contributed by atoms with Gasteiger partial charge in [-0.05, 0) is 56.8 Å². The van der Waals surface area contributed by atoms with Gasteiger partial charge in [-0.25, -0.2) is 0 Å². The first-order chi connectivity index (χ1) is 11.6. The number of rotatable bonds is 4. The van der Waals surface area contributed by atoms with E-state index in [4.69, 9.17) is 9.47 Å². The van der Waals surface area contributed by atoms with E-state index < -0.39 is 35.7 Å². The van der Waals surface area contributed by atoms with Crippen LogP contribution in [0.2, 0.25) is 0 Å². The summed E-state index contributed by atoms with van der Waals surface area (Å²) < 4.78 is 94.6. The number of alkyl halides is 6. The first-order valence-electron chi connectivity index (χ1n) is 8.77. The highest BCUT2D eigenvalue weighted by molar-refractivity contribution is 5.05. The zero-order valence-corrected chi connectivity index (χ0v) is 14.6. The third-order valence-corrected chi connectivity index (χ3v) is 6.19. The summed E-state index contributed by atoms with van der Waals surface area (Å²) in [7, 11) is 2.79. The first-order valence-corrected chi connectivity index (χ1v) is 8.77. The quantitative estimate of drug-likeness (QED) is 0.603. The molecule has 0 bridgehead atoms. The van der Waals surface area contributed by atoms with E-state index in [1.165, 1.54) is 14.2 Å². The smallest absolute Gasteiger partial charge is 0.381 e. The van der Waals surface area contributed by atoms with Gasteiger partial charge in [-0.3, -0.25) is 0 Å². The number of halogens is 6. The normalized spacial score (nSPS) is 32.6. The van der Waals surface area contributed by atoms with Crippen molar-refractivity contribution in [2.24, 2.45) is 17.3 Å². The van der Waals surface area contributed by atoms with E-state index in [0.29, 0.717) is 12.8 Å². The van der Waals surface area contributed by atoms with Gasteiger partial charge in [0.25, 0.3) is 0 Å². The molecular formula is C17H26F6O2. The molecule has 2 saturated carbocycles. The number of hydrogen-bond acceptors (Lipinski definition) is 2. The molecule has 2 nitrogen and oxygen atoms in total. The summed E-state index contributed by atoms with van der Waals surface area (Å²) in [5.41, 5.74) is -3.66. The molecule has 2 fully saturated rings. The summed E-state index contributed by atoms with van der Waals surface area (Å²) >= 11 is 0. The molecule has 0 N–H and O–H groups in total. The molecule has 2 aliphatic rings. The Morgan fingerprint density at radius 2 is 1.16 bits per heavy atom. The zero-order chi connectivity index (χ0) is 18.9. The highest BCUT2D eigenvalue weighted by Gasteiger charge is 2.76. The van der Waals surface area contributed by atoms with Crippen LogP contribution in [0.15, 0.2) is 0 Å². The molecular weight excluding hydrogens is 350 g/mol. The largest absolute Gasteiger partial charge is 0.403 e. The zero-order valence-electron chi connectivity index (χ0n) is 14.6. The number of methoxy groups -OCH3 is 2. The fourth-order valence-electron chi connectivity index (χ4n) is 4.95. The van der Waals surface area contributed by atoms with Gasteiger partial charge in [-0.2, -0.15) is 26.3 Å². The molecule has 0 aromatic rings. The van der Waals surface area contributed by atoms with Gasteiger partial charge in [-0.1, -0.05) is 6.42 Å². The van der Waals surface area contributed by atoms with Crippen LogP contribution in [0, 0.1) is 17.3 Å². The molecule has 8 heteroatoms. The van der Waals surface area contributed by atoms with E-state index in [2.05, 4.69) is 0 Å². The molecule has 2 unspecified atom stereocenters. The molecule has 0 aromatic heterocycles. The molecule has 2 aliphatic carbocycles. The minimum Gasteiger partial charge on any atom is -0.381 e. The standard InChI is InChI=1S/C17H26F6O2/c1-24-13-8-6-11(7-9-13)15(16(18,19)20,17(21,22)23)12-4-3-5-14(10-12)25-2/h11-14H,3-10H2,1-2H3. The summed E-state index contributed by atoms with van der Waals surface area (Å²) in [4.78, 5) is 0. The monoisotopic (exact) mass is 376 g/mol. The summed E-state index contributed by atoms with van der Waals surface area (Å²) in [6.07, 6.45) is -10.7. The Labute approximate surface area is 144 Å². The minimum atomic E-state index is -5.34. The van der Waals surface area contributed by atoms with Crippen LogP contribution in [0.3, 0.4) is 0 Å². The summed E-state index contributed by atoms with van der Waals surface area (Å²) in [6, 6.07) is 0. The highest BCUT2D eigenvalue weighted by Crippen LogP contribution is 2.64. The van der Waals surface area contributed by atoms with Crippen LogP contribution in [-0.2, 0) is 9.47 Å². The van der Waals surface area contributed by atoms with Crippen LogP contribution < -0.4 is 0 Å². The lowest BCUT2D eigenvalue weighted by Crippen LogP contribution is -2.61. The van der Waals surface area contributed by atoms with E-state index in [0.717, 1.165) is 0 Å². The Kier molecular flexibility index (Phi) is 6.35. The van der Waals surface area contributed by atoms with Crippen molar-refractivity contribution in [2.45, 2.75) is 75.9 Å². The molecule has 25 heavy (non-hydrogen) atoms. The van der Waals surface area contributed by atoms with Crippen molar-refractivity contribution in [3.8, 4) is 0 Å². The molecule has 0 aromatic carbocycles. The predicted molar refractivity (Wildman–Crippen MR) is 80.1 cm³/mol. The summed E-state index contributed by atoms with van der Waals surface area (Å²) in [5, 5.41) is 0. The second-order valence-electron chi connectivity index (χ2n) is 7.30. The molecule has 0 spiro atoms. The molecule has 0 amide bonds. The van der Waals surface area contributed by atoms with E-state index >= 15 is 0 Å². The van der Waals surface area contributed by atoms with Crippen molar-refractivity contribution in [3.63, 3.8) is 0 Å². The topological polar surface area (TPSA) is 18.5 Å². The maximum absolute atomic E-state index is 14.1. The average Bonchev–Trinajstić information content (AvgIpc) is 2.53. The van der Waals surface area contributed by atoms with Gasteiger partial charge in [0.1, 0.15) is 0 Å². The Balaban J connectivity index is 2.43. The second kappa shape index (κ2) is 7.62. The minimum absolute atomic E-state index is 0.0664. The SMILES string of the molecule is COC1CCC(C(C2CCCC(OC)C2)(C(F)(F)F)C(F)(F)F)CC1. The Morgan fingerprint density at radius 3 is 1.60 bits per heavy atom. The lowest BCUT2D eigenvalue weighted by molar-refractivity contribution is -0.383. The van der Waals surface area contributed by atoms with Crippen molar-refractivity contribution in [3.05, 3.63) is 0 Å². The van der Waals surface area contributed by atoms with Gasteiger partial charge in [-0.15, -0.1) is 0 Å². The van der Waals surface area contributed by atoms with E-state index in [1.807, 2.05) is 0 Å². The van der Waals surface area contributed by atoms with Crippen molar-refractivity contribution >= 4 is 0 Å². The molecule has 0 saturated heterocycles. The van der Waals surface area contributed by atoms with Crippen molar-refractivity contribution in [2.75, 3.05) is 14.2 Å². The van der Waals surface area contributed by atoms with Crippen molar-refractivity contribution in [1.82, 2.24) is 0 Å². The number of hydrogen-bond donors (Lipinski definition) is 0. The van der Waals surface area contributed by atoms with E-state index in [-0.39, 0.29) is 44.6 Å². The Bertz CT molecular complexity index is 412. The molecule has 0 aliphatic heterocycles. The maximum Gasteiger partial charge on any atom is 0.403 e. The first kappa shape index (κ1) is 20.8. The highest BCUT2D eigenvalue weighted by atomic mass is 19.4. The van der Waals surface area contributed by atoms with Crippen molar-refractivity contribution in [1.29, 1.82) is 0 Å². The molecule has 148 valence electrons. The lowest BCUT2D eigenvalue weighted by Gasteiger charge is -2.51. The second-order valence-corrected chi connectivity index (χ2v) is 7.30. The van der Waals surface area contributed by atoms with Crippen LogP contribution in [0.5, 0.6) is 0 Å². The van der Waals surface area contributed by atoms with Gasteiger partial charge in [0.05, 0.1) is 12.2 Å². The molecule has 2 rings (SSSR count). The van der Waals surface area contributed by atoms with Crippen LogP contribution in [0.4, 0.5) is 26.3 Å². The van der Waals surface area contributed by atoms with Crippen LogP contribution in [0.1, 0.15) is 51.4 Å². The predicted octanol–water partition coefficient (Wildman–Crippen LogP) is 5.51. The van der Waals surface area contributed by atoms with Crippen molar-refractivity contribution < 1.29 is 35.8 Å². The maximum atomic E-state index is 14.1. The molecule has 0 radical (unpaired) electrons. The molecule has 2 atom stereocenters. The number of ether oxygens (including phenoxy) is 2. The summed E-state index contributed by atoms with van der Waals surface area (Å²) in [5.74, 6) is -2.95. The van der Waals surface area contributed by atoms with Gasteiger partial charge >= 0.3 is 12.4 Å². The van der Waals surface area contributed by atoms with E-state index in [1.54, 1.807) is 0 Å². The fourth-order valence-corrected chi connectivity index (χ4v) is 4.95.